The Morgan fingerprint density at radius 1 is 1.15 bits per heavy atom. The second kappa shape index (κ2) is 5.89. The fourth-order valence-corrected chi connectivity index (χ4v) is 6.68. The molecule has 6 rings (SSSR count). The first-order valence-electron chi connectivity index (χ1n) is 9.12. The van der Waals surface area contributed by atoms with Crippen LogP contribution in [-0.4, -0.2) is 20.7 Å². The Bertz CT molecular complexity index is 866. The number of para-hydroxylation sites is 1. The van der Waals surface area contributed by atoms with E-state index in [1.165, 1.54) is 6.42 Å². The fourth-order valence-electron chi connectivity index (χ4n) is 6.04. The summed E-state index contributed by atoms with van der Waals surface area (Å²) in [4.78, 5) is 17.7. The molecule has 136 valence electrons. The van der Waals surface area contributed by atoms with Crippen molar-refractivity contribution in [3.05, 3.63) is 39.8 Å². The normalized spacial score (nSPS) is 34.8. The van der Waals surface area contributed by atoms with Gasteiger partial charge in [-0.15, -0.1) is 5.10 Å². The molecule has 4 saturated carbocycles. The third-order valence-electron chi connectivity index (χ3n) is 6.58. The van der Waals surface area contributed by atoms with Gasteiger partial charge in [-0.3, -0.25) is 4.79 Å². The summed E-state index contributed by atoms with van der Waals surface area (Å²) in [5, 5.41) is 7.77. The number of halogens is 2. The van der Waals surface area contributed by atoms with E-state index in [9.17, 15) is 4.79 Å². The predicted molar refractivity (Wildman–Crippen MR) is 106 cm³/mol. The average Bonchev–Trinajstić information content (AvgIpc) is 3.03. The molecule has 1 N–H and O–H groups in total. The molecule has 0 saturated heterocycles. The first kappa shape index (κ1) is 16.9. The average molecular weight is 480 g/mol. The molecular formula is C19H20Br2N4O. The molecule has 2 aromatic rings. The van der Waals surface area contributed by atoms with Gasteiger partial charge in [0, 0.05) is 4.47 Å². The van der Waals surface area contributed by atoms with Gasteiger partial charge in [-0.1, -0.05) is 12.1 Å². The summed E-state index contributed by atoms with van der Waals surface area (Å²) in [6.45, 7) is 0. The zero-order valence-electron chi connectivity index (χ0n) is 14.3. The maximum Gasteiger partial charge on any atom is 0.230 e. The van der Waals surface area contributed by atoms with Crippen LogP contribution in [0, 0.1) is 17.3 Å². The van der Waals surface area contributed by atoms with Crippen LogP contribution in [0.2, 0.25) is 0 Å². The lowest BCUT2D eigenvalue weighted by Crippen LogP contribution is -2.60. The number of aromatic nitrogens is 3. The Morgan fingerprint density at radius 2 is 1.88 bits per heavy atom. The highest BCUT2D eigenvalue weighted by Crippen LogP contribution is 2.64. The molecule has 0 radical (unpaired) electrons. The van der Waals surface area contributed by atoms with E-state index in [-0.39, 0.29) is 16.9 Å². The second-order valence-corrected chi connectivity index (χ2v) is 9.92. The summed E-state index contributed by atoms with van der Waals surface area (Å²) in [5.41, 5.74) is 0.498. The summed E-state index contributed by atoms with van der Waals surface area (Å²) in [6.07, 6.45) is 8.17. The zero-order valence-corrected chi connectivity index (χ0v) is 17.5. The first-order chi connectivity index (χ1) is 12.5. The molecule has 7 heteroatoms. The molecule has 1 aromatic carbocycles. The molecule has 5 nitrogen and oxygen atoms in total. The van der Waals surface area contributed by atoms with E-state index >= 15 is 0 Å². The van der Waals surface area contributed by atoms with Gasteiger partial charge in [0.2, 0.25) is 10.6 Å². The quantitative estimate of drug-likeness (QED) is 0.691. The number of rotatable bonds is 3. The molecule has 0 spiro atoms. The molecule has 4 aliphatic carbocycles. The van der Waals surface area contributed by atoms with E-state index in [2.05, 4.69) is 47.3 Å². The zero-order chi connectivity index (χ0) is 17.9. The number of benzene rings is 1. The minimum atomic E-state index is -0.294. The Labute approximate surface area is 169 Å². The number of nitrogens with one attached hydrogen (secondary N) is 1. The van der Waals surface area contributed by atoms with Gasteiger partial charge in [-0.05, 0) is 94.4 Å². The molecule has 2 atom stereocenters. The number of carbonyl (C=O) groups is 1. The van der Waals surface area contributed by atoms with Crippen LogP contribution in [0.4, 0.5) is 5.69 Å². The third-order valence-corrected chi connectivity index (χ3v) is 7.64. The van der Waals surface area contributed by atoms with Crippen LogP contribution in [0.25, 0.3) is 0 Å². The molecule has 1 heterocycles. The van der Waals surface area contributed by atoms with Crippen LogP contribution in [-0.2, 0) is 10.3 Å². The monoisotopic (exact) mass is 478 g/mol. The summed E-state index contributed by atoms with van der Waals surface area (Å²) in [6, 6.07) is 7.83. The van der Waals surface area contributed by atoms with Gasteiger partial charge < -0.3 is 5.32 Å². The van der Waals surface area contributed by atoms with E-state index < -0.39 is 0 Å². The standard InChI is InChI=1S/C19H20Br2N4O/c20-14-3-1-2-4-15(14)23-16(26)18-6-12-5-13(7-18)9-19(8-12,10-18)25-11-22-17(21)24-25/h1-4,11-13H,5-10H2,(H,23,26)/t12-,13-,18?,19?/m0/s1. The van der Waals surface area contributed by atoms with Crippen LogP contribution in [0.5, 0.6) is 0 Å². The number of hydrogen-bond donors (Lipinski definition) is 1. The number of nitrogens with zero attached hydrogens (tertiary/aromatic N) is 3. The van der Waals surface area contributed by atoms with Gasteiger partial charge in [-0.25, -0.2) is 9.67 Å². The lowest BCUT2D eigenvalue weighted by molar-refractivity contribution is -0.150. The Hall–Kier alpha value is -1.21. The van der Waals surface area contributed by atoms with Gasteiger partial charge in [0.1, 0.15) is 6.33 Å². The Balaban J connectivity index is 1.49. The van der Waals surface area contributed by atoms with E-state index in [1.807, 2.05) is 35.3 Å². The molecule has 4 bridgehead atoms. The maximum atomic E-state index is 13.4. The van der Waals surface area contributed by atoms with Crippen molar-refractivity contribution in [3.63, 3.8) is 0 Å². The van der Waals surface area contributed by atoms with Crippen molar-refractivity contribution < 1.29 is 4.79 Å². The van der Waals surface area contributed by atoms with Crippen molar-refractivity contribution >= 4 is 43.5 Å². The first-order valence-corrected chi connectivity index (χ1v) is 10.7. The van der Waals surface area contributed by atoms with Gasteiger partial charge in [-0.2, -0.15) is 0 Å². The highest BCUT2D eigenvalue weighted by molar-refractivity contribution is 9.10. The number of hydrogen-bond acceptors (Lipinski definition) is 3. The van der Waals surface area contributed by atoms with Crippen molar-refractivity contribution in [3.8, 4) is 0 Å². The van der Waals surface area contributed by atoms with Gasteiger partial charge in [0.05, 0.1) is 16.6 Å². The van der Waals surface area contributed by atoms with E-state index in [1.54, 1.807) is 0 Å². The predicted octanol–water partition coefficient (Wildman–Crippen LogP) is 4.74. The second-order valence-electron chi connectivity index (χ2n) is 8.36. The van der Waals surface area contributed by atoms with Crippen LogP contribution in [0.3, 0.4) is 0 Å². The van der Waals surface area contributed by atoms with Gasteiger partial charge in [0.25, 0.3) is 0 Å². The number of amides is 1. The van der Waals surface area contributed by atoms with E-state index in [0.717, 1.165) is 42.3 Å². The molecule has 4 aliphatic rings. The lowest BCUT2D eigenvalue weighted by atomic mass is 9.46. The minimum Gasteiger partial charge on any atom is -0.325 e. The Kier molecular flexibility index (Phi) is 3.84. The molecule has 1 amide bonds. The molecule has 26 heavy (non-hydrogen) atoms. The molecule has 4 fully saturated rings. The van der Waals surface area contributed by atoms with Crippen molar-refractivity contribution in [2.75, 3.05) is 5.32 Å². The molecule has 0 aliphatic heterocycles. The van der Waals surface area contributed by atoms with Crippen LogP contribution < -0.4 is 5.32 Å². The number of anilines is 1. The highest BCUT2D eigenvalue weighted by atomic mass is 79.9. The van der Waals surface area contributed by atoms with Gasteiger partial charge >= 0.3 is 0 Å². The maximum absolute atomic E-state index is 13.4. The largest absolute Gasteiger partial charge is 0.325 e. The minimum absolute atomic E-state index is 0.0611. The van der Waals surface area contributed by atoms with Crippen molar-refractivity contribution in [1.82, 2.24) is 14.8 Å². The highest BCUT2D eigenvalue weighted by Gasteiger charge is 2.61. The van der Waals surface area contributed by atoms with Crippen LogP contribution in [0.1, 0.15) is 38.5 Å². The summed E-state index contributed by atoms with van der Waals surface area (Å²) in [7, 11) is 0. The molecule has 0 unspecified atom stereocenters. The van der Waals surface area contributed by atoms with Crippen LogP contribution >= 0.6 is 31.9 Å². The topological polar surface area (TPSA) is 59.8 Å². The lowest BCUT2D eigenvalue weighted by Gasteiger charge is -2.60. The summed E-state index contributed by atoms with van der Waals surface area (Å²) >= 11 is 6.92. The SMILES string of the molecule is O=C(Nc1ccccc1Br)C12C[C@@H]3C[C@@H](C1)CC(n1cnc(Br)n1)(C3)C2. The fraction of sp³-hybridized carbons (Fsp3) is 0.526. The smallest absolute Gasteiger partial charge is 0.230 e. The summed E-state index contributed by atoms with van der Waals surface area (Å²) < 4.78 is 3.59. The third kappa shape index (κ3) is 2.58. The van der Waals surface area contributed by atoms with E-state index in [4.69, 9.17) is 0 Å². The summed E-state index contributed by atoms with van der Waals surface area (Å²) in [5.74, 6) is 1.37. The number of carbonyl (C=O) groups excluding carboxylic acids is 1. The Morgan fingerprint density at radius 3 is 2.54 bits per heavy atom. The van der Waals surface area contributed by atoms with Gasteiger partial charge in [0.15, 0.2) is 0 Å². The van der Waals surface area contributed by atoms with E-state index in [0.29, 0.717) is 16.6 Å². The van der Waals surface area contributed by atoms with Crippen molar-refractivity contribution in [2.45, 2.75) is 44.1 Å². The molecule has 1 aromatic heterocycles. The van der Waals surface area contributed by atoms with Crippen molar-refractivity contribution in [2.24, 2.45) is 17.3 Å². The van der Waals surface area contributed by atoms with Crippen LogP contribution in [0.15, 0.2) is 39.8 Å². The van der Waals surface area contributed by atoms with Crippen molar-refractivity contribution in [1.29, 1.82) is 0 Å². The molecular weight excluding hydrogens is 460 g/mol.